The van der Waals surface area contributed by atoms with Gasteiger partial charge in [-0.3, -0.25) is 0 Å². The quantitative estimate of drug-likeness (QED) is 0.601. The molecule has 2 nitrogen and oxygen atoms in total. The molecule has 1 heterocycles. The average molecular weight is 141 g/mol. The van der Waals surface area contributed by atoms with Gasteiger partial charge in [0.1, 0.15) is 6.26 Å². The first-order valence-electron chi connectivity index (χ1n) is 3.59. The van der Waals surface area contributed by atoms with Crippen LogP contribution in [-0.4, -0.2) is 4.98 Å². The summed E-state index contributed by atoms with van der Waals surface area (Å²) >= 11 is 0. The highest BCUT2D eigenvalue weighted by Gasteiger charge is 1.80. The SMILES string of the molecule is CCC(C)C.c1cocn1. The van der Waals surface area contributed by atoms with E-state index in [9.17, 15) is 0 Å². The van der Waals surface area contributed by atoms with Gasteiger partial charge in [-0.2, -0.15) is 0 Å². The Kier molecular flexibility index (Phi) is 5.83. The first kappa shape index (κ1) is 9.21. The van der Waals surface area contributed by atoms with Gasteiger partial charge >= 0.3 is 0 Å². The van der Waals surface area contributed by atoms with Crippen molar-refractivity contribution < 1.29 is 4.42 Å². The molecular formula is C8H15NO. The molecule has 0 saturated heterocycles. The molecule has 0 aromatic carbocycles. The van der Waals surface area contributed by atoms with E-state index in [0.717, 1.165) is 5.92 Å². The Morgan fingerprint density at radius 1 is 1.50 bits per heavy atom. The second-order valence-electron chi connectivity index (χ2n) is 2.48. The zero-order chi connectivity index (χ0) is 7.82. The summed E-state index contributed by atoms with van der Waals surface area (Å²) in [5.74, 6) is 0.884. The van der Waals surface area contributed by atoms with Gasteiger partial charge in [0, 0.05) is 0 Å². The zero-order valence-corrected chi connectivity index (χ0v) is 6.87. The van der Waals surface area contributed by atoms with Crippen molar-refractivity contribution in [2.24, 2.45) is 5.92 Å². The molecule has 0 saturated carbocycles. The number of nitrogens with zero attached hydrogens (tertiary/aromatic N) is 1. The van der Waals surface area contributed by atoms with E-state index in [4.69, 9.17) is 0 Å². The highest BCUT2D eigenvalue weighted by molar-refractivity contribution is 4.56. The van der Waals surface area contributed by atoms with Crippen molar-refractivity contribution in [2.75, 3.05) is 0 Å². The predicted molar refractivity (Wildman–Crippen MR) is 41.6 cm³/mol. The van der Waals surface area contributed by atoms with E-state index in [0.29, 0.717) is 0 Å². The van der Waals surface area contributed by atoms with E-state index in [1.54, 1.807) is 6.20 Å². The lowest BCUT2D eigenvalue weighted by molar-refractivity contribution is 0.558. The summed E-state index contributed by atoms with van der Waals surface area (Å²) in [7, 11) is 0. The molecule has 2 heteroatoms. The third-order valence-electron chi connectivity index (χ3n) is 1.16. The molecule has 58 valence electrons. The monoisotopic (exact) mass is 141 g/mol. The zero-order valence-electron chi connectivity index (χ0n) is 6.87. The van der Waals surface area contributed by atoms with Gasteiger partial charge in [0.05, 0.1) is 6.20 Å². The van der Waals surface area contributed by atoms with Crippen LogP contribution in [0.1, 0.15) is 27.2 Å². The fraction of sp³-hybridized carbons (Fsp3) is 0.625. The van der Waals surface area contributed by atoms with Crippen molar-refractivity contribution >= 4 is 0 Å². The van der Waals surface area contributed by atoms with Crippen molar-refractivity contribution in [2.45, 2.75) is 27.2 Å². The van der Waals surface area contributed by atoms with Gasteiger partial charge in [-0.15, -0.1) is 0 Å². The molecule has 0 aliphatic carbocycles. The molecular weight excluding hydrogens is 126 g/mol. The second kappa shape index (κ2) is 6.33. The Morgan fingerprint density at radius 2 is 2.10 bits per heavy atom. The minimum atomic E-state index is 0.884. The van der Waals surface area contributed by atoms with Gasteiger partial charge in [0.25, 0.3) is 0 Å². The van der Waals surface area contributed by atoms with Crippen molar-refractivity contribution in [1.82, 2.24) is 4.98 Å². The van der Waals surface area contributed by atoms with Crippen molar-refractivity contribution in [1.29, 1.82) is 0 Å². The summed E-state index contributed by atoms with van der Waals surface area (Å²) < 4.78 is 4.47. The number of aromatic nitrogens is 1. The first-order valence-corrected chi connectivity index (χ1v) is 3.59. The van der Waals surface area contributed by atoms with Gasteiger partial charge in [-0.05, 0) is 5.92 Å². The predicted octanol–water partition coefficient (Wildman–Crippen LogP) is 2.73. The number of oxazole rings is 1. The molecule has 1 rings (SSSR count). The molecule has 0 spiro atoms. The largest absolute Gasteiger partial charge is 0.452 e. The average Bonchev–Trinajstić information content (AvgIpc) is 2.43. The number of rotatable bonds is 1. The molecule has 0 atom stereocenters. The molecule has 0 bridgehead atoms. The molecule has 10 heavy (non-hydrogen) atoms. The van der Waals surface area contributed by atoms with E-state index in [2.05, 4.69) is 30.2 Å². The van der Waals surface area contributed by atoms with Crippen LogP contribution in [0.25, 0.3) is 0 Å². The molecule has 1 aromatic heterocycles. The van der Waals surface area contributed by atoms with Crippen LogP contribution in [0.15, 0.2) is 23.3 Å². The highest BCUT2D eigenvalue weighted by atomic mass is 16.3. The van der Waals surface area contributed by atoms with Crippen LogP contribution in [0, 0.1) is 5.92 Å². The third kappa shape index (κ3) is 7.21. The Balaban J connectivity index is 0.000000162. The fourth-order valence-electron chi connectivity index (χ4n) is 0.176. The minimum Gasteiger partial charge on any atom is -0.452 e. The molecule has 0 aliphatic rings. The maximum Gasteiger partial charge on any atom is 0.180 e. The minimum absolute atomic E-state index is 0.884. The van der Waals surface area contributed by atoms with E-state index in [1.165, 1.54) is 19.1 Å². The fourth-order valence-corrected chi connectivity index (χ4v) is 0.176. The van der Waals surface area contributed by atoms with Gasteiger partial charge in [-0.1, -0.05) is 27.2 Å². The van der Waals surface area contributed by atoms with E-state index < -0.39 is 0 Å². The second-order valence-corrected chi connectivity index (χ2v) is 2.48. The Bertz CT molecular complexity index is 107. The molecule has 0 N–H and O–H groups in total. The van der Waals surface area contributed by atoms with Crippen LogP contribution in [0.4, 0.5) is 0 Å². The third-order valence-corrected chi connectivity index (χ3v) is 1.16. The normalized spacial score (nSPS) is 8.80. The van der Waals surface area contributed by atoms with Crippen LogP contribution >= 0.6 is 0 Å². The summed E-state index contributed by atoms with van der Waals surface area (Å²) in [6.07, 6.45) is 5.78. The van der Waals surface area contributed by atoms with Gasteiger partial charge in [0.2, 0.25) is 0 Å². The van der Waals surface area contributed by atoms with Crippen molar-refractivity contribution in [3.63, 3.8) is 0 Å². The van der Waals surface area contributed by atoms with Crippen molar-refractivity contribution in [3.8, 4) is 0 Å². The van der Waals surface area contributed by atoms with Gasteiger partial charge in [0.15, 0.2) is 6.39 Å². The van der Waals surface area contributed by atoms with E-state index in [1.807, 2.05) is 0 Å². The summed E-state index contributed by atoms with van der Waals surface area (Å²) in [4.78, 5) is 3.56. The lowest BCUT2D eigenvalue weighted by Gasteiger charge is -1.90. The summed E-state index contributed by atoms with van der Waals surface area (Å²) in [6, 6.07) is 0. The van der Waals surface area contributed by atoms with Crippen LogP contribution < -0.4 is 0 Å². The number of hydrogen-bond donors (Lipinski definition) is 0. The van der Waals surface area contributed by atoms with E-state index >= 15 is 0 Å². The molecule has 1 aromatic rings. The van der Waals surface area contributed by atoms with Gasteiger partial charge in [-0.25, -0.2) is 4.98 Å². The topological polar surface area (TPSA) is 26.0 Å². The molecule has 0 amide bonds. The Hall–Kier alpha value is -0.790. The summed E-state index contributed by atoms with van der Waals surface area (Å²) in [5.41, 5.74) is 0. The van der Waals surface area contributed by atoms with Crippen LogP contribution in [0.2, 0.25) is 0 Å². The lowest BCUT2D eigenvalue weighted by Crippen LogP contribution is -1.77. The molecule has 0 unspecified atom stereocenters. The highest BCUT2D eigenvalue weighted by Crippen LogP contribution is 1.93. The Labute approximate surface area is 62.3 Å². The smallest absolute Gasteiger partial charge is 0.180 e. The van der Waals surface area contributed by atoms with Crippen molar-refractivity contribution in [3.05, 3.63) is 18.9 Å². The standard InChI is InChI=1S/C5H12.C3H3NO/c1-4-5(2)3;1-2-5-3-4-1/h5H,4H2,1-3H3;1-3H. The maximum atomic E-state index is 4.47. The van der Waals surface area contributed by atoms with Gasteiger partial charge < -0.3 is 4.42 Å². The maximum absolute atomic E-state index is 4.47. The lowest BCUT2D eigenvalue weighted by atomic mass is 10.2. The van der Waals surface area contributed by atoms with Crippen LogP contribution in [0.3, 0.4) is 0 Å². The molecule has 0 fully saturated rings. The molecule has 0 radical (unpaired) electrons. The van der Waals surface area contributed by atoms with Crippen LogP contribution in [-0.2, 0) is 0 Å². The summed E-state index contributed by atoms with van der Waals surface area (Å²) in [5, 5.41) is 0. The van der Waals surface area contributed by atoms with E-state index in [-0.39, 0.29) is 0 Å². The Morgan fingerprint density at radius 3 is 2.20 bits per heavy atom. The molecule has 0 aliphatic heterocycles. The van der Waals surface area contributed by atoms with Crippen LogP contribution in [0.5, 0.6) is 0 Å². The first-order chi connectivity index (χ1) is 4.77. The number of hydrogen-bond acceptors (Lipinski definition) is 2. The summed E-state index contributed by atoms with van der Waals surface area (Å²) in [6.45, 7) is 6.64.